The molecule has 3 atom stereocenters. The number of likely N-dealkylation sites (tertiary alicyclic amines) is 2. The molecule has 0 aliphatic carbocycles. The first-order chi connectivity index (χ1) is 15.5. The monoisotopic (exact) mass is 464 g/mol. The van der Waals surface area contributed by atoms with Gasteiger partial charge in [0.15, 0.2) is 0 Å². The van der Waals surface area contributed by atoms with Crippen LogP contribution in [0.15, 0.2) is 23.8 Å². The highest BCUT2D eigenvalue weighted by Crippen LogP contribution is 2.27. The molecule has 2 saturated heterocycles. The summed E-state index contributed by atoms with van der Waals surface area (Å²) in [4.78, 5) is 75.0. The van der Waals surface area contributed by atoms with Crippen LogP contribution < -0.4 is 10.6 Å². The van der Waals surface area contributed by atoms with E-state index in [1.807, 2.05) is 0 Å². The third-order valence-corrected chi connectivity index (χ3v) is 5.47. The molecule has 0 bridgehead atoms. The number of carbonyl (C=O) groups is 6. The minimum absolute atomic E-state index is 0.0917. The predicted molar refractivity (Wildman–Crippen MR) is 113 cm³/mol. The largest absolute Gasteiger partial charge is 0.478 e. The fraction of sp³-hybridized carbons (Fsp3) is 0.524. The van der Waals surface area contributed by atoms with Crippen molar-refractivity contribution in [3.63, 3.8) is 0 Å². The number of ether oxygens (including phenoxy) is 1. The molecule has 2 fully saturated rings. The van der Waals surface area contributed by atoms with Crippen molar-refractivity contribution in [3.05, 3.63) is 23.8 Å². The maximum atomic E-state index is 13.0. The number of esters is 1. The second-order valence-electron chi connectivity index (χ2n) is 7.69. The number of hydrogen-bond donors (Lipinski definition) is 3. The fourth-order valence-corrected chi connectivity index (χ4v) is 3.79. The smallest absolute Gasteiger partial charge is 0.330 e. The van der Waals surface area contributed by atoms with E-state index >= 15 is 0 Å². The maximum Gasteiger partial charge on any atom is 0.330 e. The summed E-state index contributed by atoms with van der Waals surface area (Å²) in [5.74, 6) is -5.01. The molecule has 0 aromatic carbocycles. The highest BCUT2D eigenvalue weighted by atomic mass is 16.5. The summed E-state index contributed by atoms with van der Waals surface area (Å²) in [5.41, 5.74) is -0.0999. The zero-order valence-corrected chi connectivity index (χ0v) is 18.7. The molecule has 0 aromatic heterocycles. The molecule has 0 aromatic rings. The van der Waals surface area contributed by atoms with Gasteiger partial charge < -0.3 is 30.3 Å². The van der Waals surface area contributed by atoms with Gasteiger partial charge in [-0.3, -0.25) is 19.2 Å². The van der Waals surface area contributed by atoms with Crippen LogP contribution in [0.1, 0.15) is 33.1 Å². The van der Waals surface area contributed by atoms with Crippen LogP contribution in [0.3, 0.4) is 0 Å². The Kier molecular flexibility index (Phi) is 8.71. The van der Waals surface area contributed by atoms with Gasteiger partial charge in [-0.2, -0.15) is 0 Å². The summed E-state index contributed by atoms with van der Waals surface area (Å²) >= 11 is 0. The van der Waals surface area contributed by atoms with E-state index in [0.29, 0.717) is 25.5 Å². The lowest BCUT2D eigenvalue weighted by Crippen LogP contribution is -2.49. The van der Waals surface area contributed by atoms with E-state index in [9.17, 15) is 28.8 Å². The van der Waals surface area contributed by atoms with Crippen molar-refractivity contribution in [2.45, 2.75) is 45.4 Å². The Bertz CT molecular complexity index is 897. The minimum atomic E-state index is -1.29. The van der Waals surface area contributed by atoms with Gasteiger partial charge in [-0.15, -0.1) is 0 Å². The molecule has 4 amide bonds. The van der Waals surface area contributed by atoms with Crippen molar-refractivity contribution in [2.75, 3.05) is 20.2 Å². The predicted octanol–water partition coefficient (Wildman–Crippen LogP) is -0.878. The molecular formula is C21H28N4O8. The highest BCUT2D eigenvalue weighted by molar-refractivity contribution is 6.05. The Hall–Kier alpha value is -3.70. The van der Waals surface area contributed by atoms with Crippen LogP contribution in [0.25, 0.3) is 0 Å². The van der Waals surface area contributed by atoms with Crippen molar-refractivity contribution < 1.29 is 38.6 Å². The van der Waals surface area contributed by atoms with E-state index in [1.165, 1.54) is 16.7 Å². The molecular weight excluding hydrogens is 436 g/mol. The zero-order chi connectivity index (χ0) is 24.7. The van der Waals surface area contributed by atoms with E-state index in [4.69, 9.17) is 5.11 Å². The van der Waals surface area contributed by atoms with Crippen LogP contribution >= 0.6 is 0 Å². The van der Waals surface area contributed by atoms with Gasteiger partial charge in [0, 0.05) is 43.3 Å². The fourth-order valence-electron chi connectivity index (χ4n) is 3.79. The molecule has 0 spiro atoms. The first-order valence-corrected chi connectivity index (χ1v) is 10.5. The number of carboxylic acid groups (broad SMARTS) is 1. The van der Waals surface area contributed by atoms with Crippen molar-refractivity contribution in [1.82, 2.24) is 20.4 Å². The number of aliphatic carboxylic acids is 1. The number of methoxy groups -OCH3 is 1. The van der Waals surface area contributed by atoms with Gasteiger partial charge in [-0.05, 0) is 26.7 Å². The second kappa shape index (κ2) is 11.2. The number of nitrogens with one attached hydrogen (secondary N) is 2. The normalized spacial score (nSPS) is 20.7. The molecule has 0 radical (unpaired) electrons. The van der Waals surface area contributed by atoms with Crippen LogP contribution in [0.5, 0.6) is 0 Å². The molecule has 12 heteroatoms. The first-order valence-electron chi connectivity index (χ1n) is 10.5. The molecule has 2 heterocycles. The Morgan fingerprint density at radius 1 is 1.06 bits per heavy atom. The van der Waals surface area contributed by atoms with Gasteiger partial charge in [0.1, 0.15) is 12.3 Å². The van der Waals surface area contributed by atoms with Crippen LogP contribution in [-0.2, 0) is 33.5 Å². The summed E-state index contributed by atoms with van der Waals surface area (Å²) in [7, 11) is 1.14. The van der Waals surface area contributed by atoms with Crippen molar-refractivity contribution in [3.8, 4) is 0 Å². The maximum absolute atomic E-state index is 13.0. The molecule has 3 unspecified atom stereocenters. The Morgan fingerprint density at radius 2 is 1.73 bits per heavy atom. The van der Waals surface area contributed by atoms with Crippen molar-refractivity contribution in [1.29, 1.82) is 0 Å². The van der Waals surface area contributed by atoms with Gasteiger partial charge in [0.05, 0.1) is 13.0 Å². The van der Waals surface area contributed by atoms with E-state index < -0.39 is 47.9 Å². The van der Waals surface area contributed by atoms with Gasteiger partial charge in [0.25, 0.3) is 0 Å². The molecule has 0 saturated carbocycles. The van der Waals surface area contributed by atoms with E-state index in [0.717, 1.165) is 19.3 Å². The third kappa shape index (κ3) is 6.64. The standard InChI is InChI=1S/C21H28N4O8/c1-12(22-16(26)6-7-18(28)29)25-10-8-14(21(25)32)15(11-19(30)33-3)20(31)23-13(2)24-9-4-5-17(24)27/h6-7,11-14H,4-5,8-10H2,1-3H3,(H,22,26)(H,23,31)(H,28,29)/b7-6-,15-11-. The lowest BCUT2D eigenvalue weighted by molar-refractivity contribution is -0.136. The number of carboxylic acids is 1. The van der Waals surface area contributed by atoms with Crippen LogP contribution in [-0.4, -0.2) is 83.0 Å². The minimum Gasteiger partial charge on any atom is -0.478 e. The number of hydrogen-bond acceptors (Lipinski definition) is 7. The quantitative estimate of drug-likeness (QED) is 0.293. The number of carbonyl (C=O) groups excluding carboxylic acids is 5. The van der Waals surface area contributed by atoms with Crippen molar-refractivity contribution in [2.24, 2.45) is 5.92 Å². The van der Waals surface area contributed by atoms with Gasteiger partial charge in [-0.25, -0.2) is 9.59 Å². The molecule has 2 aliphatic rings. The summed E-state index contributed by atoms with van der Waals surface area (Å²) in [6, 6.07) is 0. The average molecular weight is 464 g/mol. The lowest BCUT2D eigenvalue weighted by Gasteiger charge is -2.27. The van der Waals surface area contributed by atoms with E-state index in [-0.39, 0.29) is 24.4 Å². The summed E-state index contributed by atoms with van der Waals surface area (Å²) < 4.78 is 4.62. The molecule has 2 aliphatic heterocycles. The summed E-state index contributed by atoms with van der Waals surface area (Å²) in [5, 5.41) is 13.8. The van der Waals surface area contributed by atoms with Crippen molar-refractivity contribution >= 4 is 35.6 Å². The number of rotatable bonds is 9. The highest BCUT2D eigenvalue weighted by Gasteiger charge is 2.40. The molecule has 12 nitrogen and oxygen atoms in total. The van der Waals surface area contributed by atoms with Crippen LogP contribution in [0, 0.1) is 5.92 Å². The van der Waals surface area contributed by atoms with E-state index in [2.05, 4.69) is 15.4 Å². The molecule has 2 rings (SSSR count). The number of amides is 4. The van der Waals surface area contributed by atoms with E-state index in [1.54, 1.807) is 6.92 Å². The molecule has 3 N–H and O–H groups in total. The first kappa shape index (κ1) is 25.6. The third-order valence-electron chi connectivity index (χ3n) is 5.47. The molecule has 33 heavy (non-hydrogen) atoms. The topological polar surface area (TPSA) is 162 Å². The van der Waals surface area contributed by atoms with Gasteiger partial charge in [0.2, 0.25) is 23.6 Å². The van der Waals surface area contributed by atoms with Gasteiger partial charge >= 0.3 is 11.9 Å². The van der Waals surface area contributed by atoms with Crippen LogP contribution in [0.4, 0.5) is 0 Å². The van der Waals surface area contributed by atoms with Gasteiger partial charge in [-0.1, -0.05) is 0 Å². The Morgan fingerprint density at radius 3 is 2.30 bits per heavy atom. The molecule has 180 valence electrons. The van der Waals surface area contributed by atoms with Crippen LogP contribution in [0.2, 0.25) is 0 Å². The number of nitrogens with zero attached hydrogens (tertiary/aromatic N) is 2. The second-order valence-corrected chi connectivity index (χ2v) is 7.69. The summed E-state index contributed by atoms with van der Waals surface area (Å²) in [6.07, 6.45) is 2.34. The Balaban J connectivity index is 2.14. The Labute approximate surface area is 190 Å². The summed E-state index contributed by atoms with van der Waals surface area (Å²) in [6.45, 7) is 3.87. The average Bonchev–Trinajstić information content (AvgIpc) is 3.35. The zero-order valence-electron chi connectivity index (χ0n) is 18.7. The lowest BCUT2D eigenvalue weighted by atomic mass is 9.96. The SMILES string of the molecule is COC(=O)/C=C(\C(=O)NC(C)N1CCCC1=O)C1CCN(C(C)NC(=O)/C=C\C(=O)O)C1=O.